The Labute approximate surface area is 518 Å². The number of ether oxygens (including phenoxy) is 6. The first kappa shape index (κ1) is 78.7. The van der Waals surface area contributed by atoms with Gasteiger partial charge < -0.3 is 100 Å². The Bertz CT molecular complexity index is 1820. The maximum atomic E-state index is 13.4. The van der Waals surface area contributed by atoms with Gasteiger partial charge in [0.25, 0.3) is 5.79 Å². The first-order valence-corrected chi connectivity index (χ1v) is 33.6. The van der Waals surface area contributed by atoms with Gasteiger partial charge in [0.05, 0.1) is 50.7 Å². The van der Waals surface area contributed by atoms with Gasteiger partial charge in [-0.15, -0.1) is 0 Å². The summed E-state index contributed by atoms with van der Waals surface area (Å²) in [7, 11) is 0. The minimum absolute atomic E-state index is 0.205. The molecular weight excluding hydrogens is 1130 g/mol. The Morgan fingerprint density at radius 2 is 1.07 bits per heavy atom. The van der Waals surface area contributed by atoms with Crippen LogP contribution in [-0.2, 0) is 42.8 Å². The zero-order valence-corrected chi connectivity index (χ0v) is 52.9. The molecule has 23 nitrogen and oxygen atoms in total. The second-order valence-corrected chi connectivity index (χ2v) is 24.7. The molecule has 2 amide bonds. The van der Waals surface area contributed by atoms with E-state index >= 15 is 0 Å². The van der Waals surface area contributed by atoms with Gasteiger partial charge in [0.15, 0.2) is 12.6 Å². The van der Waals surface area contributed by atoms with Crippen molar-refractivity contribution >= 4 is 17.8 Å². The Morgan fingerprint density at radius 3 is 1.53 bits per heavy atom. The van der Waals surface area contributed by atoms with Crippen molar-refractivity contribution in [2.45, 2.75) is 349 Å². The number of carboxylic acids is 1. The lowest BCUT2D eigenvalue weighted by atomic mass is 9.88. The van der Waals surface area contributed by atoms with E-state index < -0.39 is 155 Å². The van der Waals surface area contributed by atoms with Crippen molar-refractivity contribution in [2.75, 3.05) is 26.4 Å². The topological polar surface area (TPSA) is 373 Å². The van der Waals surface area contributed by atoms with Gasteiger partial charge in [0, 0.05) is 19.8 Å². The van der Waals surface area contributed by atoms with Crippen LogP contribution >= 0.6 is 0 Å². The Kier molecular flexibility index (Phi) is 41.3. The van der Waals surface area contributed by atoms with Gasteiger partial charge >= 0.3 is 5.97 Å². The van der Waals surface area contributed by atoms with Gasteiger partial charge in [-0.25, -0.2) is 4.79 Å². The zero-order valence-electron chi connectivity index (χ0n) is 52.9. The second kappa shape index (κ2) is 45.7. The fourth-order valence-electron chi connectivity index (χ4n) is 11.8. The van der Waals surface area contributed by atoms with Crippen molar-refractivity contribution in [1.82, 2.24) is 10.6 Å². The van der Waals surface area contributed by atoms with Gasteiger partial charge in [-0.1, -0.05) is 212 Å². The Hall–Kier alpha value is -2.53. The SMILES string of the molecule is CCCCCCCCCCCCCCCCCC/C=C/C(O)C(COC1OC(CO)C(OC2OC(CO)C(O)C(OC3(C(=O)O)CC(O)C(NC(C)=O)C(C(O)C(O)CO)O3)C2O)C(O)C1O)NC(=O)CCCCCCCCCCCCCCCCC. The number of aliphatic carboxylic acids is 1. The van der Waals surface area contributed by atoms with Gasteiger partial charge in [0.2, 0.25) is 11.8 Å². The number of rotatable bonds is 50. The molecule has 0 aromatic heterocycles. The number of carbonyl (C=O) groups is 3. The minimum atomic E-state index is -3.08. The highest BCUT2D eigenvalue weighted by molar-refractivity contribution is 5.77. The number of unbranched alkanes of at least 4 members (excludes halogenated alkanes) is 30. The first-order valence-electron chi connectivity index (χ1n) is 33.6. The number of allylic oxidation sites excluding steroid dienone is 1. The monoisotopic (exact) mass is 1250 g/mol. The van der Waals surface area contributed by atoms with Crippen LogP contribution in [0.4, 0.5) is 0 Å². The molecule has 0 aliphatic carbocycles. The van der Waals surface area contributed by atoms with Gasteiger partial charge in [-0.05, 0) is 19.3 Å². The second-order valence-electron chi connectivity index (χ2n) is 24.7. The van der Waals surface area contributed by atoms with Crippen LogP contribution < -0.4 is 10.6 Å². The van der Waals surface area contributed by atoms with E-state index in [0.29, 0.717) is 12.8 Å². The molecule has 0 aromatic rings. The van der Waals surface area contributed by atoms with Crippen LogP contribution in [0, 0.1) is 0 Å². The fourth-order valence-corrected chi connectivity index (χ4v) is 11.8. The maximum Gasteiger partial charge on any atom is 0.364 e. The molecule has 3 aliphatic heterocycles. The third kappa shape index (κ3) is 28.9. The Morgan fingerprint density at radius 1 is 0.598 bits per heavy atom. The van der Waals surface area contributed by atoms with Crippen molar-refractivity contribution in [3.63, 3.8) is 0 Å². The molecule has 0 saturated carbocycles. The van der Waals surface area contributed by atoms with Crippen molar-refractivity contribution in [2.24, 2.45) is 0 Å². The molecule has 3 saturated heterocycles. The van der Waals surface area contributed by atoms with E-state index in [2.05, 4.69) is 24.5 Å². The van der Waals surface area contributed by atoms with E-state index in [9.17, 15) is 75.7 Å². The number of carbonyl (C=O) groups excluding carboxylic acids is 2. The summed E-state index contributed by atoms with van der Waals surface area (Å²) in [5, 5.41) is 136. The van der Waals surface area contributed by atoms with Gasteiger partial charge in [-0.3, -0.25) is 9.59 Å². The summed E-state index contributed by atoms with van der Waals surface area (Å²) in [5.41, 5.74) is 0. The average Bonchev–Trinajstić information content (AvgIpc) is 1.00. The van der Waals surface area contributed by atoms with E-state index in [1.165, 1.54) is 148 Å². The van der Waals surface area contributed by atoms with E-state index in [0.717, 1.165) is 51.9 Å². The summed E-state index contributed by atoms with van der Waals surface area (Å²) in [4.78, 5) is 38.5. The molecule has 18 atom stereocenters. The highest BCUT2D eigenvalue weighted by atomic mass is 16.8. The average molecular weight is 1250 g/mol. The van der Waals surface area contributed by atoms with Crippen LogP contribution in [0.25, 0.3) is 0 Å². The Balaban J connectivity index is 1.63. The summed E-state index contributed by atoms with van der Waals surface area (Å²) in [5.74, 6) is -6.14. The van der Waals surface area contributed by atoms with Crippen molar-refractivity contribution in [3.05, 3.63) is 12.2 Å². The largest absolute Gasteiger partial charge is 0.477 e. The standard InChI is InChI=1S/C64H118N2O21/c1-4-6-8-10-12-14-16-18-20-21-22-24-25-27-29-31-33-35-37-46(71)45(66-51(74)38-36-34-32-30-28-26-23-19-17-15-13-11-9-7-5-2)43-82-61-56(78)55(77)58(50(42-69)84-61)85-62-57(79)60(54(76)49(41-68)83-62)87-64(63(80)81)39-47(72)52(65-44(3)70)59(86-64)53(75)48(73)40-67/h35,37,45-50,52-62,67-69,71-73,75-79H,4-34,36,38-43H2,1-3H3,(H,65,70)(H,66,74)(H,80,81)/b37-35+. The quantitative estimate of drug-likeness (QED) is 0.0278. The molecule has 510 valence electrons. The maximum absolute atomic E-state index is 13.4. The molecule has 23 heteroatoms. The molecule has 0 spiro atoms. The number of amides is 2. The van der Waals surface area contributed by atoms with Crippen LogP contribution in [0.15, 0.2) is 12.2 Å². The summed E-state index contributed by atoms with van der Waals surface area (Å²) < 4.78 is 34.8. The van der Waals surface area contributed by atoms with E-state index in [4.69, 9.17) is 28.4 Å². The van der Waals surface area contributed by atoms with E-state index in [-0.39, 0.29) is 12.3 Å². The molecule has 14 N–H and O–H groups in total. The molecule has 0 bridgehead atoms. The summed E-state index contributed by atoms with van der Waals surface area (Å²) in [6, 6.07) is -2.61. The molecule has 3 rings (SSSR count). The smallest absolute Gasteiger partial charge is 0.364 e. The van der Waals surface area contributed by atoms with Crippen molar-refractivity contribution < 1.29 is 104 Å². The highest BCUT2D eigenvalue weighted by Gasteiger charge is 2.60. The molecule has 3 fully saturated rings. The van der Waals surface area contributed by atoms with Crippen LogP contribution in [-0.4, -0.2) is 215 Å². The summed E-state index contributed by atoms with van der Waals surface area (Å²) >= 11 is 0. The lowest BCUT2D eigenvalue weighted by Crippen LogP contribution is -2.70. The number of hydrogen-bond donors (Lipinski definition) is 14. The number of carboxylic acid groups (broad SMARTS) is 1. The third-order valence-electron chi connectivity index (χ3n) is 17.2. The number of aliphatic hydroxyl groups is 11. The predicted molar refractivity (Wildman–Crippen MR) is 325 cm³/mol. The summed E-state index contributed by atoms with van der Waals surface area (Å²) in [6.45, 7) is 2.14. The molecule has 3 aliphatic rings. The fraction of sp³-hybridized carbons (Fsp3) is 0.922. The third-order valence-corrected chi connectivity index (χ3v) is 17.2. The lowest BCUT2D eigenvalue weighted by Gasteiger charge is -2.50. The van der Waals surface area contributed by atoms with Crippen LogP contribution in [0.3, 0.4) is 0 Å². The van der Waals surface area contributed by atoms with Crippen LogP contribution in [0.2, 0.25) is 0 Å². The van der Waals surface area contributed by atoms with E-state index in [1.807, 2.05) is 6.08 Å². The number of nitrogens with one attached hydrogen (secondary N) is 2. The number of hydrogen-bond acceptors (Lipinski definition) is 20. The zero-order chi connectivity index (χ0) is 64.0. The molecule has 3 heterocycles. The predicted octanol–water partition coefficient (Wildman–Crippen LogP) is 5.12. The van der Waals surface area contributed by atoms with E-state index in [1.54, 1.807) is 6.08 Å². The molecule has 87 heavy (non-hydrogen) atoms. The van der Waals surface area contributed by atoms with Crippen LogP contribution in [0.1, 0.15) is 239 Å². The summed E-state index contributed by atoms with van der Waals surface area (Å²) in [6.07, 6.45) is 12.6. The molecule has 18 unspecified atom stereocenters. The number of aliphatic hydroxyl groups excluding tert-OH is 11. The molecule has 0 aromatic carbocycles. The van der Waals surface area contributed by atoms with Gasteiger partial charge in [-0.2, -0.15) is 0 Å². The van der Waals surface area contributed by atoms with Crippen molar-refractivity contribution in [3.8, 4) is 0 Å². The normalized spacial score (nSPS) is 29.2. The molecule has 0 radical (unpaired) electrons. The molecular formula is C64H118N2O21. The minimum Gasteiger partial charge on any atom is -0.477 e. The first-order chi connectivity index (χ1) is 41.9. The lowest BCUT2D eigenvalue weighted by molar-refractivity contribution is -0.386. The van der Waals surface area contributed by atoms with Crippen molar-refractivity contribution in [1.29, 1.82) is 0 Å². The van der Waals surface area contributed by atoms with Gasteiger partial charge in [0.1, 0.15) is 67.1 Å². The highest BCUT2D eigenvalue weighted by Crippen LogP contribution is 2.39. The van der Waals surface area contributed by atoms with Crippen LogP contribution in [0.5, 0.6) is 0 Å².